The number of phenolic OH excluding ortho intramolecular Hbond substituents is 1. The number of terminal acetylenes is 1. The molecule has 2 aromatic heterocycles. The molecule has 1 amide bonds. The summed E-state index contributed by atoms with van der Waals surface area (Å²) in [5.41, 5.74) is 4.34. The fraction of sp³-hybridized carbons (Fsp3) is 0.355. The first-order chi connectivity index (χ1) is 21.2. The van der Waals surface area contributed by atoms with Crippen LogP contribution in [0.15, 0.2) is 24.3 Å². The highest BCUT2D eigenvalue weighted by Gasteiger charge is 2.49. The standard InChI is InChI=1S/C31H27F3N6O4/c1-2-19-21(33)5-4-16-10-18(41)11-20(23(16)19)26-25(34)27-24-28(39(14-22(35)42)8-9-43-29(24)36-26)38-30(37-27)44-15-31-6-3-7-40(31)13-17(32)12-31/h1,4-5,10-11,17,41H,3,6-9,12-15H2,(H2,35,42)/t17-,31+/m1/s1. The molecule has 2 atom stereocenters. The molecule has 0 bridgehead atoms. The number of benzene rings is 2. The van der Waals surface area contributed by atoms with Crippen LogP contribution in [0.4, 0.5) is 19.0 Å². The largest absolute Gasteiger partial charge is 0.508 e. The van der Waals surface area contributed by atoms with E-state index in [0.717, 1.165) is 19.4 Å². The molecule has 5 heterocycles. The van der Waals surface area contributed by atoms with Crippen molar-refractivity contribution < 1.29 is 32.5 Å². The van der Waals surface area contributed by atoms with Crippen LogP contribution in [0, 0.1) is 24.0 Å². The van der Waals surface area contributed by atoms with Crippen molar-refractivity contribution in [2.45, 2.75) is 31.0 Å². The van der Waals surface area contributed by atoms with Crippen molar-refractivity contribution in [3.8, 4) is 41.2 Å². The number of anilines is 1. The zero-order chi connectivity index (χ0) is 30.7. The molecule has 2 saturated heterocycles. The fourth-order valence-corrected chi connectivity index (χ4v) is 6.78. The number of hydrogen-bond donors (Lipinski definition) is 2. The third kappa shape index (κ3) is 4.48. The molecule has 0 unspecified atom stereocenters. The molecule has 226 valence electrons. The third-order valence-electron chi connectivity index (χ3n) is 8.64. The minimum absolute atomic E-state index is 0.0213. The number of nitrogens with two attached hydrogens (primary N) is 1. The number of amides is 1. The second kappa shape index (κ2) is 10.4. The van der Waals surface area contributed by atoms with Crippen LogP contribution in [-0.2, 0) is 4.79 Å². The molecule has 13 heteroatoms. The van der Waals surface area contributed by atoms with E-state index in [4.69, 9.17) is 21.6 Å². The number of fused-ring (bicyclic) bond motifs is 2. The van der Waals surface area contributed by atoms with Crippen LogP contribution in [-0.4, -0.2) is 82.0 Å². The van der Waals surface area contributed by atoms with Crippen molar-refractivity contribution >= 4 is 33.4 Å². The molecule has 0 radical (unpaired) electrons. The first kappa shape index (κ1) is 28.0. The Morgan fingerprint density at radius 1 is 1.23 bits per heavy atom. The zero-order valence-corrected chi connectivity index (χ0v) is 23.4. The first-order valence-electron chi connectivity index (χ1n) is 14.2. The van der Waals surface area contributed by atoms with Crippen LogP contribution >= 0.6 is 0 Å². The van der Waals surface area contributed by atoms with Crippen LogP contribution < -0.4 is 20.1 Å². The molecule has 4 aromatic rings. The Morgan fingerprint density at radius 3 is 2.86 bits per heavy atom. The molecule has 2 fully saturated rings. The molecular weight excluding hydrogens is 577 g/mol. The highest BCUT2D eigenvalue weighted by atomic mass is 19.1. The number of primary amides is 1. The van der Waals surface area contributed by atoms with Gasteiger partial charge in [0, 0.05) is 23.9 Å². The van der Waals surface area contributed by atoms with Gasteiger partial charge in [0.15, 0.2) is 5.82 Å². The van der Waals surface area contributed by atoms with Gasteiger partial charge in [0.05, 0.1) is 24.2 Å². The second-order valence-electron chi connectivity index (χ2n) is 11.4. The Bertz CT molecular complexity index is 1900. The van der Waals surface area contributed by atoms with Gasteiger partial charge in [0.2, 0.25) is 11.8 Å². The summed E-state index contributed by atoms with van der Waals surface area (Å²) in [6.07, 6.45) is 6.60. The number of phenols is 1. The lowest BCUT2D eigenvalue weighted by molar-refractivity contribution is -0.116. The van der Waals surface area contributed by atoms with E-state index in [0.29, 0.717) is 18.4 Å². The maximum absolute atomic E-state index is 16.7. The third-order valence-corrected chi connectivity index (χ3v) is 8.64. The summed E-state index contributed by atoms with van der Waals surface area (Å²) >= 11 is 0. The number of rotatable bonds is 6. The summed E-state index contributed by atoms with van der Waals surface area (Å²) in [6.45, 7) is 1.10. The number of pyridine rings is 1. The number of nitrogens with zero attached hydrogens (tertiary/aromatic N) is 5. The highest BCUT2D eigenvalue weighted by molar-refractivity contribution is 6.04. The quantitative estimate of drug-likeness (QED) is 0.318. The summed E-state index contributed by atoms with van der Waals surface area (Å²) < 4.78 is 57.9. The summed E-state index contributed by atoms with van der Waals surface area (Å²) in [6, 6.07) is 5.02. The lowest BCUT2D eigenvalue weighted by Crippen LogP contribution is -2.43. The normalized spacial score (nSPS) is 21.2. The van der Waals surface area contributed by atoms with E-state index in [1.807, 2.05) is 0 Å². The molecule has 10 nitrogen and oxygen atoms in total. The van der Waals surface area contributed by atoms with Gasteiger partial charge in [-0.15, -0.1) is 6.42 Å². The van der Waals surface area contributed by atoms with E-state index in [1.54, 1.807) is 0 Å². The molecule has 2 aromatic carbocycles. The van der Waals surface area contributed by atoms with Gasteiger partial charge in [0.25, 0.3) is 0 Å². The Morgan fingerprint density at radius 2 is 2.07 bits per heavy atom. The maximum Gasteiger partial charge on any atom is 0.319 e. The monoisotopic (exact) mass is 604 g/mol. The molecule has 0 saturated carbocycles. The van der Waals surface area contributed by atoms with Crippen LogP contribution in [0.25, 0.3) is 32.9 Å². The van der Waals surface area contributed by atoms with Gasteiger partial charge in [-0.2, -0.15) is 9.97 Å². The summed E-state index contributed by atoms with van der Waals surface area (Å²) in [7, 11) is 0. The number of aromatic nitrogens is 3. The highest BCUT2D eigenvalue weighted by Crippen LogP contribution is 2.44. The predicted molar refractivity (Wildman–Crippen MR) is 155 cm³/mol. The van der Waals surface area contributed by atoms with Gasteiger partial charge >= 0.3 is 6.01 Å². The molecular formula is C31H27F3N6O4. The Hall–Kier alpha value is -4.83. The number of hydrogen-bond acceptors (Lipinski definition) is 9. The van der Waals surface area contributed by atoms with Crippen LogP contribution in [0.3, 0.4) is 0 Å². The SMILES string of the molecule is C#Cc1c(F)ccc2cc(O)cc(-c3nc4c5c(nc(OC[C@@]67CCCN6C[C@H](F)C7)nc5c3F)N(CC(N)=O)CCO4)c12. The first-order valence-corrected chi connectivity index (χ1v) is 14.2. The minimum Gasteiger partial charge on any atom is -0.508 e. The minimum atomic E-state index is -0.979. The zero-order valence-electron chi connectivity index (χ0n) is 23.4. The van der Waals surface area contributed by atoms with E-state index >= 15 is 4.39 Å². The van der Waals surface area contributed by atoms with E-state index in [9.17, 15) is 18.7 Å². The van der Waals surface area contributed by atoms with Gasteiger partial charge < -0.3 is 25.2 Å². The van der Waals surface area contributed by atoms with Crippen molar-refractivity contribution in [1.29, 1.82) is 0 Å². The number of alkyl halides is 1. The molecule has 3 N–H and O–H groups in total. The lowest BCUT2D eigenvalue weighted by Gasteiger charge is -2.31. The van der Waals surface area contributed by atoms with E-state index in [2.05, 4.69) is 25.8 Å². The van der Waals surface area contributed by atoms with E-state index in [-0.39, 0.29) is 82.9 Å². The van der Waals surface area contributed by atoms with Gasteiger partial charge in [0.1, 0.15) is 53.4 Å². The maximum atomic E-state index is 16.7. The second-order valence-corrected chi connectivity index (χ2v) is 11.4. The number of carbonyl (C=O) groups is 1. The van der Waals surface area contributed by atoms with Crippen molar-refractivity contribution in [1.82, 2.24) is 19.9 Å². The molecule has 0 aliphatic carbocycles. The molecule has 3 aliphatic heterocycles. The van der Waals surface area contributed by atoms with Crippen molar-refractivity contribution in [2.24, 2.45) is 5.73 Å². The van der Waals surface area contributed by atoms with E-state index < -0.39 is 29.3 Å². The summed E-state index contributed by atoms with van der Waals surface area (Å²) in [5.74, 6) is -0.116. The molecule has 0 spiro atoms. The number of ether oxygens (including phenoxy) is 2. The molecule has 3 aliphatic rings. The summed E-state index contributed by atoms with van der Waals surface area (Å²) in [4.78, 5) is 29.0. The van der Waals surface area contributed by atoms with Gasteiger partial charge in [-0.1, -0.05) is 12.0 Å². The average molecular weight is 605 g/mol. The Kier molecular flexibility index (Phi) is 6.62. The van der Waals surface area contributed by atoms with Crippen molar-refractivity contribution in [3.63, 3.8) is 0 Å². The van der Waals surface area contributed by atoms with Crippen LogP contribution in [0.1, 0.15) is 24.8 Å². The fourth-order valence-electron chi connectivity index (χ4n) is 6.78. The van der Waals surface area contributed by atoms with Gasteiger partial charge in [-0.3, -0.25) is 9.69 Å². The Labute approximate surface area is 249 Å². The van der Waals surface area contributed by atoms with Crippen LogP contribution in [0.5, 0.6) is 17.6 Å². The average Bonchev–Trinajstić information content (AvgIpc) is 3.45. The predicted octanol–water partition coefficient (Wildman–Crippen LogP) is 3.45. The van der Waals surface area contributed by atoms with Crippen molar-refractivity contribution in [2.75, 3.05) is 44.3 Å². The number of halogens is 3. The number of carbonyl (C=O) groups excluding carboxylic acids is 1. The van der Waals surface area contributed by atoms with Crippen molar-refractivity contribution in [3.05, 3.63) is 41.5 Å². The van der Waals surface area contributed by atoms with E-state index in [1.165, 1.54) is 29.2 Å². The summed E-state index contributed by atoms with van der Waals surface area (Å²) in [5, 5.41) is 11.1. The van der Waals surface area contributed by atoms with Gasteiger partial charge in [-0.25, -0.2) is 18.2 Å². The molecule has 7 rings (SSSR count). The molecule has 44 heavy (non-hydrogen) atoms. The number of aromatic hydroxyl groups is 1. The smallest absolute Gasteiger partial charge is 0.319 e. The van der Waals surface area contributed by atoms with Gasteiger partial charge in [-0.05, 0) is 43.0 Å². The topological polar surface area (TPSA) is 127 Å². The lowest BCUT2D eigenvalue weighted by atomic mass is 9.95. The Balaban J connectivity index is 1.44. The van der Waals surface area contributed by atoms with Crippen LogP contribution in [0.2, 0.25) is 0 Å².